The third-order valence-corrected chi connectivity index (χ3v) is 4.71. The topological polar surface area (TPSA) is 9.49 Å². The van der Waals surface area contributed by atoms with Gasteiger partial charge >= 0.3 is 5.96 Å². The maximum atomic E-state index is 2.67. The standard InChI is InChI=1S/C16H32N3.2BrH/c1-4-6-9-15(5-2)14-19-13-8-12-18-11-7-10-17(3)16(18)19;;/h15H,4-14H2,1-3H3;2*1H/q+1;;/p-1. The lowest BCUT2D eigenvalue weighted by atomic mass is 9.99. The van der Waals surface area contributed by atoms with E-state index in [1.165, 1.54) is 77.2 Å². The zero-order valence-electron chi connectivity index (χ0n) is 14.0. The van der Waals surface area contributed by atoms with Gasteiger partial charge in [0, 0.05) is 12.8 Å². The van der Waals surface area contributed by atoms with E-state index in [9.17, 15) is 0 Å². The van der Waals surface area contributed by atoms with Crippen molar-refractivity contribution in [2.75, 3.05) is 39.8 Å². The van der Waals surface area contributed by atoms with Crippen LogP contribution in [0.2, 0.25) is 0 Å². The Morgan fingerprint density at radius 2 is 1.86 bits per heavy atom. The van der Waals surface area contributed by atoms with Crippen LogP contribution in [-0.2, 0) is 0 Å². The molecule has 1 atom stereocenters. The molecule has 1 unspecified atom stereocenters. The summed E-state index contributed by atoms with van der Waals surface area (Å²) in [5, 5.41) is 0. The Bertz CT molecular complexity index is 321. The van der Waals surface area contributed by atoms with Gasteiger partial charge in [0.05, 0.1) is 39.8 Å². The van der Waals surface area contributed by atoms with Crippen LogP contribution in [-0.4, -0.2) is 60.1 Å². The number of nitrogens with zero attached hydrogens (tertiary/aromatic N) is 3. The Labute approximate surface area is 152 Å². The van der Waals surface area contributed by atoms with Gasteiger partial charge in [-0.15, -0.1) is 17.0 Å². The number of fused-ring (bicyclic) bond motifs is 1. The lowest BCUT2D eigenvalue weighted by Crippen LogP contribution is -3.00. The summed E-state index contributed by atoms with van der Waals surface area (Å²) >= 11 is 0. The molecule has 2 heterocycles. The molecule has 1 saturated heterocycles. The summed E-state index contributed by atoms with van der Waals surface area (Å²) in [5.74, 6) is 2.40. The van der Waals surface area contributed by atoms with Gasteiger partial charge in [-0.05, 0) is 12.3 Å². The second kappa shape index (κ2) is 10.9. The van der Waals surface area contributed by atoms with Crippen LogP contribution in [0, 0.1) is 5.92 Å². The molecule has 0 N–H and O–H groups in total. The third-order valence-electron chi connectivity index (χ3n) is 4.71. The first-order chi connectivity index (χ1) is 9.26. The number of hydrogen-bond acceptors (Lipinski definition) is 2. The first-order valence-electron chi connectivity index (χ1n) is 8.34. The van der Waals surface area contributed by atoms with Crippen LogP contribution in [0.1, 0.15) is 52.4 Å². The Kier molecular flexibility index (Phi) is 11.0. The Hall–Kier alpha value is 0.230. The Balaban J connectivity index is 0.00000200. The number of guanidine groups is 1. The van der Waals surface area contributed by atoms with Crippen LogP contribution in [0.15, 0.2) is 0 Å². The summed E-state index contributed by atoms with van der Waals surface area (Å²) in [7, 11) is 2.27. The summed E-state index contributed by atoms with van der Waals surface area (Å²) < 4.78 is 2.67. The minimum atomic E-state index is 0. The van der Waals surface area contributed by atoms with E-state index in [2.05, 4.69) is 35.3 Å². The number of rotatable bonds is 6. The minimum absolute atomic E-state index is 0. The maximum Gasteiger partial charge on any atom is 0.350 e. The van der Waals surface area contributed by atoms with E-state index in [0.29, 0.717) is 0 Å². The molecule has 21 heavy (non-hydrogen) atoms. The molecule has 0 bridgehead atoms. The van der Waals surface area contributed by atoms with Gasteiger partial charge in [0.25, 0.3) is 0 Å². The maximum absolute atomic E-state index is 2.67. The molecule has 126 valence electrons. The zero-order chi connectivity index (χ0) is 13.7. The van der Waals surface area contributed by atoms with E-state index >= 15 is 0 Å². The molecule has 5 heteroatoms. The molecule has 0 aromatic rings. The molecule has 3 nitrogen and oxygen atoms in total. The summed E-state index contributed by atoms with van der Waals surface area (Å²) in [5.41, 5.74) is 0. The molecule has 0 aromatic heterocycles. The average molecular weight is 427 g/mol. The highest BCUT2D eigenvalue weighted by molar-refractivity contribution is 8.93. The van der Waals surface area contributed by atoms with Gasteiger partial charge < -0.3 is 17.0 Å². The second-order valence-corrected chi connectivity index (χ2v) is 6.28. The van der Waals surface area contributed by atoms with Crippen molar-refractivity contribution in [2.24, 2.45) is 5.92 Å². The van der Waals surface area contributed by atoms with Crippen LogP contribution < -0.4 is 17.0 Å². The molecule has 0 spiro atoms. The van der Waals surface area contributed by atoms with Crippen LogP contribution >= 0.6 is 17.0 Å². The highest BCUT2D eigenvalue weighted by atomic mass is 79.9. The predicted molar refractivity (Wildman–Crippen MR) is 92.1 cm³/mol. The van der Waals surface area contributed by atoms with Gasteiger partial charge in [0.2, 0.25) is 0 Å². The van der Waals surface area contributed by atoms with Crippen LogP contribution in [0.25, 0.3) is 0 Å². The molecule has 1 fully saturated rings. The molecule has 2 aliphatic rings. The zero-order valence-corrected chi connectivity index (χ0v) is 17.3. The fourth-order valence-electron chi connectivity index (χ4n) is 3.55. The molecule has 2 aliphatic heterocycles. The predicted octanol–water partition coefficient (Wildman–Crippen LogP) is 0.194. The van der Waals surface area contributed by atoms with Gasteiger partial charge in [-0.2, -0.15) is 0 Å². The van der Waals surface area contributed by atoms with Gasteiger partial charge in [0.15, 0.2) is 0 Å². The van der Waals surface area contributed by atoms with Crippen molar-refractivity contribution in [1.82, 2.24) is 9.80 Å². The van der Waals surface area contributed by atoms with Crippen molar-refractivity contribution in [2.45, 2.75) is 52.4 Å². The van der Waals surface area contributed by atoms with Crippen molar-refractivity contribution in [1.29, 1.82) is 0 Å². The van der Waals surface area contributed by atoms with E-state index in [-0.39, 0.29) is 34.0 Å². The lowest BCUT2D eigenvalue weighted by Gasteiger charge is -2.36. The van der Waals surface area contributed by atoms with Crippen LogP contribution in [0.5, 0.6) is 0 Å². The largest absolute Gasteiger partial charge is 1.00 e. The molecule has 2 rings (SSSR count). The molecular formula is C16H33Br2N3. The van der Waals surface area contributed by atoms with Gasteiger partial charge in [0.1, 0.15) is 0 Å². The summed E-state index contributed by atoms with van der Waals surface area (Å²) in [4.78, 5) is 5.09. The first-order valence-corrected chi connectivity index (χ1v) is 8.34. The van der Waals surface area contributed by atoms with Gasteiger partial charge in [-0.1, -0.05) is 33.1 Å². The number of hydrogen-bond donors (Lipinski definition) is 0. The first kappa shape index (κ1) is 21.2. The molecule has 0 amide bonds. The normalized spacial score (nSPS) is 19.6. The van der Waals surface area contributed by atoms with Crippen molar-refractivity contribution >= 4 is 22.9 Å². The third kappa shape index (κ3) is 5.74. The molecule has 0 saturated carbocycles. The number of halogens is 2. The van der Waals surface area contributed by atoms with Crippen molar-refractivity contribution in [3.05, 3.63) is 0 Å². The van der Waals surface area contributed by atoms with E-state index in [1.807, 2.05) is 0 Å². The monoisotopic (exact) mass is 425 g/mol. The fraction of sp³-hybridized carbons (Fsp3) is 0.938. The number of unbranched alkanes of at least 4 members (excludes halogenated alkanes) is 1. The van der Waals surface area contributed by atoms with E-state index in [4.69, 9.17) is 0 Å². The minimum Gasteiger partial charge on any atom is -1.00 e. The highest BCUT2D eigenvalue weighted by Gasteiger charge is 2.33. The Morgan fingerprint density at radius 3 is 2.52 bits per heavy atom. The van der Waals surface area contributed by atoms with E-state index in [0.717, 1.165) is 5.92 Å². The summed E-state index contributed by atoms with van der Waals surface area (Å²) in [6.07, 6.45) is 8.11. The van der Waals surface area contributed by atoms with Crippen molar-refractivity contribution in [3.8, 4) is 0 Å². The van der Waals surface area contributed by atoms with E-state index in [1.54, 1.807) is 0 Å². The van der Waals surface area contributed by atoms with E-state index < -0.39 is 0 Å². The molecular weight excluding hydrogens is 394 g/mol. The second-order valence-electron chi connectivity index (χ2n) is 6.28. The SMILES string of the molecule is Br.CCCCC(CC)C[N+]1=C2N(C)CCCN2CCC1.[Br-]. The summed E-state index contributed by atoms with van der Waals surface area (Å²) in [6.45, 7) is 11.0. The quantitative estimate of drug-likeness (QED) is 0.561. The average Bonchev–Trinajstić information content (AvgIpc) is 2.43. The molecule has 0 aromatic carbocycles. The lowest BCUT2D eigenvalue weighted by molar-refractivity contribution is -0.551. The van der Waals surface area contributed by atoms with Gasteiger partial charge in [-0.3, -0.25) is 14.4 Å². The molecule has 0 radical (unpaired) electrons. The highest BCUT2D eigenvalue weighted by Crippen LogP contribution is 2.17. The smallest absolute Gasteiger partial charge is 0.350 e. The molecule has 0 aliphatic carbocycles. The van der Waals surface area contributed by atoms with Crippen LogP contribution in [0.3, 0.4) is 0 Å². The van der Waals surface area contributed by atoms with Crippen LogP contribution in [0.4, 0.5) is 0 Å². The van der Waals surface area contributed by atoms with Gasteiger partial charge in [-0.25, -0.2) is 0 Å². The summed E-state index contributed by atoms with van der Waals surface area (Å²) in [6, 6.07) is 0. The Morgan fingerprint density at radius 1 is 1.14 bits per heavy atom. The van der Waals surface area contributed by atoms with Crippen molar-refractivity contribution < 1.29 is 21.6 Å². The van der Waals surface area contributed by atoms with Crippen molar-refractivity contribution in [3.63, 3.8) is 0 Å². The fourth-order valence-corrected chi connectivity index (χ4v) is 3.55.